The first-order chi connectivity index (χ1) is 8.56. The standard InChI is InChI=1S/C14H19FN2S/c1-9(2)13(10-3-5-11(15)6-4-10)17-14(18)16-12-7-8-12/h3-6,9,12-13H,7-8H2,1-2H3,(H2,16,17,18)/t13-/m1/s1. The van der Waals surface area contributed by atoms with Crippen LogP contribution in [0.1, 0.15) is 38.3 Å². The molecule has 0 unspecified atom stereocenters. The second kappa shape index (κ2) is 5.65. The van der Waals surface area contributed by atoms with E-state index < -0.39 is 0 Å². The van der Waals surface area contributed by atoms with Gasteiger partial charge in [-0.3, -0.25) is 0 Å². The number of hydrogen-bond donors (Lipinski definition) is 2. The number of nitrogens with one attached hydrogen (secondary N) is 2. The van der Waals surface area contributed by atoms with Crippen molar-refractivity contribution in [3.05, 3.63) is 35.6 Å². The molecule has 0 amide bonds. The molecule has 18 heavy (non-hydrogen) atoms. The average molecular weight is 266 g/mol. The Morgan fingerprint density at radius 3 is 2.39 bits per heavy atom. The summed E-state index contributed by atoms with van der Waals surface area (Å²) in [5.41, 5.74) is 1.06. The van der Waals surface area contributed by atoms with Crippen LogP contribution < -0.4 is 10.6 Å². The van der Waals surface area contributed by atoms with Crippen molar-refractivity contribution in [3.63, 3.8) is 0 Å². The fourth-order valence-corrected chi connectivity index (χ4v) is 2.19. The maximum absolute atomic E-state index is 12.9. The zero-order valence-corrected chi connectivity index (χ0v) is 11.6. The van der Waals surface area contributed by atoms with Crippen molar-refractivity contribution in [3.8, 4) is 0 Å². The summed E-state index contributed by atoms with van der Waals surface area (Å²) in [4.78, 5) is 0. The molecule has 1 aromatic carbocycles. The Labute approximate surface area is 113 Å². The van der Waals surface area contributed by atoms with Gasteiger partial charge < -0.3 is 10.6 Å². The van der Waals surface area contributed by atoms with E-state index in [4.69, 9.17) is 12.2 Å². The molecule has 1 aromatic rings. The van der Waals surface area contributed by atoms with Gasteiger partial charge >= 0.3 is 0 Å². The van der Waals surface area contributed by atoms with Crippen LogP contribution in [0.3, 0.4) is 0 Å². The summed E-state index contributed by atoms with van der Waals surface area (Å²) in [7, 11) is 0. The maximum atomic E-state index is 12.9. The number of thiocarbonyl (C=S) groups is 1. The van der Waals surface area contributed by atoms with Crippen LogP contribution in [0.4, 0.5) is 4.39 Å². The highest BCUT2D eigenvalue weighted by molar-refractivity contribution is 7.80. The van der Waals surface area contributed by atoms with E-state index in [0.717, 1.165) is 5.56 Å². The maximum Gasteiger partial charge on any atom is 0.167 e. The predicted molar refractivity (Wildman–Crippen MR) is 75.9 cm³/mol. The zero-order valence-electron chi connectivity index (χ0n) is 10.7. The number of halogens is 1. The van der Waals surface area contributed by atoms with Gasteiger partial charge in [0.25, 0.3) is 0 Å². The van der Waals surface area contributed by atoms with Crippen LogP contribution in [0.15, 0.2) is 24.3 Å². The minimum Gasteiger partial charge on any atom is -0.360 e. The molecule has 4 heteroatoms. The Kier molecular flexibility index (Phi) is 4.17. The summed E-state index contributed by atoms with van der Waals surface area (Å²) in [6, 6.07) is 7.27. The molecule has 2 N–H and O–H groups in total. The van der Waals surface area contributed by atoms with Gasteiger partial charge in [0.05, 0.1) is 6.04 Å². The molecule has 0 bridgehead atoms. The molecule has 0 saturated heterocycles. The van der Waals surface area contributed by atoms with Crippen LogP contribution in [0.25, 0.3) is 0 Å². The zero-order chi connectivity index (χ0) is 13.1. The monoisotopic (exact) mass is 266 g/mol. The minimum atomic E-state index is -0.208. The van der Waals surface area contributed by atoms with Gasteiger partial charge in [0, 0.05) is 6.04 Å². The third kappa shape index (κ3) is 3.67. The Morgan fingerprint density at radius 2 is 1.89 bits per heavy atom. The Balaban J connectivity index is 2.02. The summed E-state index contributed by atoms with van der Waals surface area (Å²) < 4.78 is 12.9. The summed E-state index contributed by atoms with van der Waals surface area (Å²) >= 11 is 5.30. The molecule has 98 valence electrons. The fraction of sp³-hybridized carbons (Fsp3) is 0.500. The van der Waals surface area contributed by atoms with E-state index >= 15 is 0 Å². The lowest BCUT2D eigenvalue weighted by molar-refractivity contribution is 0.467. The Morgan fingerprint density at radius 1 is 1.28 bits per heavy atom. The first-order valence-electron chi connectivity index (χ1n) is 6.39. The van der Waals surface area contributed by atoms with Gasteiger partial charge in [-0.2, -0.15) is 0 Å². The minimum absolute atomic E-state index is 0.115. The molecular weight excluding hydrogens is 247 g/mol. The predicted octanol–water partition coefficient (Wildman–Crippen LogP) is 3.15. The normalized spacial score (nSPS) is 16.4. The van der Waals surface area contributed by atoms with E-state index in [2.05, 4.69) is 24.5 Å². The SMILES string of the molecule is CC(C)[C@@H](NC(=S)NC1CC1)c1ccc(F)cc1. The van der Waals surface area contributed by atoms with Crippen LogP contribution in [-0.4, -0.2) is 11.2 Å². The molecule has 1 aliphatic carbocycles. The van der Waals surface area contributed by atoms with E-state index in [1.54, 1.807) is 0 Å². The van der Waals surface area contributed by atoms with E-state index in [0.29, 0.717) is 17.1 Å². The highest BCUT2D eigenvalue weighted by Gasteiger charge is 2.23. The second-order valence-corrected chi connectivity index (χ2v) is 5.57. The molecule has 1 saturated carbocycles. The van der Waals surface area contributed by atoms with Crippen molar-refractivity contribution in [2.75, 3.05) is 0 Å². The van der Waals surface area contributed by atoms with Gasteiger partial charge in [-0.05, 0) is 48.7 Å². The molecule has 0 radical (unpaired) electrons. The third-order valence-electron chi connectivity index (χ3n) is 3.09. The number of benzene rings is 1. The van der Waals surface area contributed by atoms with Gasteiger partial charge in [-0.1, -0.05) is 26.0 Å². The van der Waals surface area contributed by atoms with Crippen LogP contribution >= 0.6 is 12.2 Å². The lowest BCUT2D eigenvalue weighted by Gasteiger charge is -2.24. The molecule has 1 atom stereocenters. The van der Waals surface area contributed by atoms with Crippen molar-refractivity contribution in [1.29, 1.82) is 0 Å². The van der Waals surface area contributed by atoms with E-state index in [1.165, 1.54) is 25.0 Å². The molecule has 2 rings (SSSR count). The molecule has 0 aliphatic heterocycles. The smallest absolute Gasteiger partial charge is 0.167 e. The van der Waals surface area contributed by atoms with Crippen molar-refractivity contribution in [1.82, 2.24) is 10.6 Å². The van der Waals surface area contributed by atoms with Gasteiger partial charge in [0.2, 0.25) is 0 Å². The lowest BCUT2D eigenvalue weighted by atomic mass is 9.96. The number of hydrogen-bond acceptors (Lipinski definition) is 1. The van der Waals surface area contributed by atoms with Gasteiger partial charge in [0.15, 0.2) is 5.11 Å². The topological polar surface area (TPSA) is 24.1 Å². The largest absolute Gasteiger partial charge is 0.360 e. The summed E-state index contributed by atoms with van der Waals surface area (Å²) in [5.74, 6) is 0.175. The fourth-order valence-electron chi connectivity index (χ4n) is 1.90. The molecule has 1 fully saturated rings. The quantitative estimate of drug-likeness (QED) is 0.819. The van der Waals surface area contributed by atoms with Crippen molar-refractivity contribution < 1.29 is 4.39 Å². The second-order valence-electron chi connectivity index (χ2n) is 5.17. The van der Waals surface area contributed by atoms with Crippen LogP contribution in [0, 0.1) is 11.7 Å². The van der Waals surface area contributed by atoms with Gasteiger partial charge in [-0.25, -0.2) is 4.39 Å². The summed E-state index contributed by atoms with van der Waals surface area (Å²) in [6.07, 6.45) is 2.40. The Hall–Kier alpha value is -1.16. The van der Waals surface area contributed by atoms with Crippen molar-refractivity contribution in [2.45, 2.75) is 38.8 Å². The summed E-state index contributed by atoms with van der Waals surface area (Å²) in [5, 5.41) is 7.28. The number of rotatable bonds is 4. The van der Waals surface area contributed by atoms with E-state index in [9.17, 15) is 4.39 Å². The van der Waals surface area contributed by atoms with E-state index in [-0.39, 0.29) is 11.9 Å². The van der Waals surface area contributed by atoms with Crippen LogP contribution in [0.2, 0.25) is 0 Å². The van der Waals surface area contributed by atoms with Crippen molar-refractivity contribution in [2.24, 2.45) is 5.92 Å². The van der Waals surface area contributed by atoms with Gasteiger partial charge in [-0.15, -0.1) is 0 Å². The van der Waals surface area contributed by atoms with Crippen LogP contribution in [0.5, 0.6) is 0 Å². The third-order valence-corrected chi connectivity index (χ3v) is 3.33. The van der Waals surface area contributed by atoms with Gasteiger partial charge in [0.1, 0.15) is 5.82 Å². The molecule has 2 nitrogen and oxygen atoms in total. The molecule has 0 heterocycles. The molecule has 0 spiro atoms. The highest BCUT2D eigenvalue weighted by atomic mass is 32.1. The molecular formula is C14H19FN2S. The Bertz CT molecular complexity index is 412. The summed E-state index contributed by atoms with van der Waals surface area (Å²) in [6.45, 7) is 4.25. The average Bonchev–Trinajstić information content (AvgIpc) is 3.11. The van der Waals surface area contributed by atoms with Crippen molar-refractivity contribution >= 4 is 17.3 Å². The first kappa shape index (κ1) is 13.3. The highest BCUT2D eigenvalue weighted by Crippen LogP contribution is 2.23. The van der Waals surface area contributed by atoms with Crippen LogP contribution in [-0.2, 0) is 0 Å². The lowest BCUT2D eigenvalue weighted by Crippen LogP contribution is -2.40. The molecule has 0 aromatic heterocycles. The van der Waals surface area contributed by atoms with E-state index in [1.807, 2.05) is 12.1 Å². The first-order valence-corrected chi connectivity index (χ1v) is 6.79. The molecule has 1 aliphatic rings.